The van der Waals surface area contributed by atoms with E-state index in [2.05, 4.69) is 0 Å². The van der Waals surface area contributed by atoms with E-state index in [1.165, 1.54) is 9.72 Å². The van der Waals surface area contributed by atoms with Crippen LogP contribution in [0, 0.1) is 0 Å². The van der Waals surface area contributed by atoms with E-state index in [4.69, 9.17) is 0 Å². The van der Waals surface area contributed by atoms with Gasteiger partial charge in [-0.25, -0.2) is 0 Å². The average Bonchev–Trinajstić information content (AvgIpc) is 1.79. The predicted molar refractivity (Wildman–Crippen MR) is 36.7 cm³/mol. The van der Waals surface area contributed by atoms with Gasteiger partial charge in [0.05, 0.1) is 0 Å². The van der Waals surface area contributed by atoms with Gasteiger partial charge in [0.15, 0.2) is 0 Å². The van der Waals surface area contributed by atoms with Crippen LogP contribution in [0.5, 0.6) is 0 Å². The van der Waals surface area contributed by atoms with Crippen molar-refractivity contribution in [3.05, 3.63) is 0 Å². The Hall–Kier alpha value is 4.16. The summed E-state index contributed by atoms with van der Waals surface area (Å²) in [6.07, 6.45) is 0. The summed E-state index contributed by atoms with van der Waals surface area (Å²) in [4.78, 5) is 39.8. The Balaban J connectivity index is -0.0000000327. The Labute approximate surface area is 195 Å². The van der Waals surface area contributed by atoms with Gasteiger partial charge in [-0.15, -0.1) is 0 Å². The maximum atomic E-state index is 9.35. The van der Waals surface area contributed by atoms with Gasteiger partial charge in [-0.3, -0.25) is 0 Å². The second-order valence-electron chi connectivity index (χ2n) is 1.23. The third-order valence-electron chi connectivity index (χ3n) is 0.327. The molecule has 4 unspecified atom stereocenters. The summed E-state index contributed by atoms with van der Waals surface area (Å²) in [5.74, 6) is 0. The molecule has 0 bridgehead atoms. The van der Waals surface area contributed by atoms with E-state index in [0.29, 0.717) is 0 Å². The van der Waals surface area contributed by atoms with E-state index in [1.807, 2.05) is 0 Å². The van der Waals surface area contributed by atoms with Gasteiger partial charge in [0.2, 0.25) is 0 Å². The Morgan fingerprint density at radius 3 is 0.611 bits per heavy atom. The molecule has 18 heteroatoms. The zero-order chi connectivity index (χ0) is 11.7. The Morgan fingerprint density at radius 1 is 0.500 bits per heavy atom. The molecule has 10 nitrogen and oxygen atoms in total. The van der Waals surface area contributed by atoms with Gasteiger partial charge in [-0.1, -0.05) is 0 Å². The van der Waals surface area contributed by atoms with E-state index in [-0.39, 0.29) is 118 Å². The minimum atomic E-state index is -2.99. The van der Waals surface area contributed by atoms with Crippen LogP contribution in [0.4, 0.5) is 0 Å². The van der Waals surface area contributed by atoms with Crippen LogP contribution in [0.3, 0.4) is 0 Å². The largest absolute Gasteiger partial charge is 1.00 e. The third-order valence-corrected chi connectivity index (χ3v) is 2.94. The molecule has 4 atom stereocenters. The molecular weight excluding hydrogens is 372 g/mol. The zero-order valence-electron chi connectivity index (χ0n) is 10.1. The van der Waals surface area contributed by atoms with Crippen LogP contribution < -0.4 is 148 Å². The molecule has 18 heavy (non-hydrogen) atoms. The van der Waals surface area contributed by atoms with Crippen molar-refractivity contribution < 1.29 is 156 Å². The Bertz CT molecular complexity index is 211. The van der Waals surface area contributed by atoms with E-state index in [0.717, 1.165) is 0 Å². The molecule has 0 spiro atoms. The smallest absolute Gasteiger partial charge is 0.575 e. The van der Waals surface area contributed by atoms with E-state index < -0.39 is 32.7 Å². The molecule has 0 fully saturated rings. The number of rotatable bonds is 4. The summed E-state index contributed by atoms with van der Waals surface area (Å²) in [5.41, 5.74) is 0. The minimum absolute atomic E-state index is 0. The SMILES string of the molecule is O=[P+]([O-])N[P+](=O)[O-].O=[P+]([O-])N[P+](=O)[O-].[Na+].[Na+].[Na+].[Na+]. The predicted octanol–water partition coefficient (Wildman–Crippen LogP) is -14.8. The summed E-state index contributed by atoms with van der Waals surface area (Å²) in [7, 11) is -11.9. The van der Waals surface area contributed by atoms with Crippen molar-refractivity contribution in [2.24, 2.45) is 0 Å². The summed E-state index contributed by atoms with van der Waals surface area (Å²) < 4.78 is 37.4. The molecule has 0 heterocycles. The molecule has 0 aromatic carbocycles. The molecule has 2 N–H and O–H groups in total. The molecule has 0 radical (unpaired) electrons. The van der Waals surface area contributed by atoms with Gasteiger partial charge in [-0.05, 0) is 18.3 Å². The molecule has 0 amide bonds. The fraction of sp³-hybridized carbons (Fsp3) is 0. The molecule has 0 aliphatic heterocycles. The van der Waals surface area contributed by atoms with Crippen molar-refractivity contribution in [2.75, 3.05) is 0 Å². The second kappa shape index (κ2) is 26.1. The van der Waals surface area contributed by atoms with Gasteiger partial charge in [-0.2, -0.15) is 0 Å². The van der Waals surface area contributed by atoms with Crippen LogP contribution in [0.15, 0.2) is 0 Å². The molecule has 0 aliphatic rings. The maximum Gasteiger partial charge on any atom is 1.00 e. The van der Waals surface area contributed by atoms with Crippen LogP contribution in [0.1, 0.15) is 0 Å². The molecule has 0 aliphatic carbocycles. The van der Waals surface area contributed by atoms with Crippen LogP contribution in [0.2, 0.25) is 0 Å². The van der Waals surface area contributed by atoms with Crippen molar-refractivity contribution >= 4 is 32.7 Å². The zero-order valence-corrected chi connectivity index (χ0v) is 21.6. The molecule has 0 aromatic heterocycles. The van der Waals surface area contributed by atoms with Crippen molar-refractivity contribution in [3.63, 3.8) is 0 Å². The van der Waals surface area contributed by atoms with Gasteiger partial charge in [0, 0.05) is 0 Å². The fourth-order valence-electron chi connectivity index (χ4n) is 0.133. The second-order valence-corrected chi connectivity index (χ2v) is 4.89. The van der Waals surface area contributed by atoms with Gasteiger partial charge in [0.25, 0.3) is 0 Å². The van der Waals surface area contributed by atoms with Crippen LogP contribution in [0.25, 0.3) is 0 Å². The average molecular weight is 374 g/mol. The van der Waals surface area contributed by atoms with Crippen LogP contribution in [-0.4, -0.2) is 0 Å². The van der Waals surface area contributed by atoms with Gasteiger partial charge < -0.3 is 19.6 Å². The number of hydrogen-bond acceptors (Lipinski definition) is 8. The molecule has 0 rings (SSSR count). The normalized spacial score (nSPS) is 10.4. The minimum Gasteiger partial charge on any atom is -0.575 e. The first-order chi connectivity index (χ1) is 6.25. The molecule has 80 valence electrons. The summed E-state index contributed by atoms with van der Waals surface area (Å²) in [6.45, 7) is 0. The molecule has 0 aromatic rings. The first-order valence-electron chi connectivity index (χ1n) is 2.36. The topological polar surface area (TPSA) is 185 Å². The van der Waals surface area contributed by atoms with Crippen molar-refractivity contribution in [1.82, 2.24) is 9.72 Å². The van der Waals surface area contributed by atoms with Crippen LogP contribution >= 0.6 is 32.7 Å². The summed E-state index contributed by atoms with van der Waals surface area (Å²) in [5, 5.41) is 0. The van der Waals surface area contributed by atoms with Crippen molar-refractivity contribution in [3.8, 4) is 0 Å². The molecule has 0 saturated carbocycles. The third kappa shape index (κ3) is 50.1. The van der Waals surface area contributed by atoms with Gasteiger partial charge >= 0.3 is 151 Å². The van der Waals surface area contributed by atoms with Crippen molar-refractivity contribution in [2.45, 2.75) is 0 Å². The summed E-state index contributed by atoms with van der Waals surface area (Å²) in [6, 6.07) is 0. The Morgan fingerprint density at radius 2 is 0.611 bits per heavy atom. The standard InChI is InChI=1S/2HNO4P2.4Na/c2*2-6(3)1-7(4)5;;;;/h2*(H,1,2,3,4,5);;;;/q;;4*+1. The van der Waals surface area contributed by atoms with Crippen LogP contribution in [-0.2, 0) is 18.3 Å². The maximum absolute atomic E-state index is 9.35. The number of nitrogens with one attached hydrogen (secondary N) is 2. The first-order valence-corrected chi connectivity index (χ1v) is 7.07. The fourth-order valence-corrected chi connectivity index (χ4v) is 1.20. The van der Waals surface area contributed by atoms with Crippen molar-refractivity contribution in [1.29, 1.82) is 0 Å². The monoisotopic (exact) mass is 374 g/mol. The quantitative estimate of drug-likeness (QED) is 0.354. The number of hydrogen-bond donors (Lipinski definition) is 2. The van der Waals surface area contributed by atoms with E-state index in [1.54, 1.807) is 0 Å². The van der Waals surface area contributed by atoms with E-state index >= 15 is 0 Å². The summed E-state index contributed by atoms with van der Waals surface area (Å²) >= 11 is 0. The van der Waals surface area contributed by atoms with Gasteiger partial charge in [0.1, 0.15) is 9.72 Å². The van der Waals surface area contributed by atoms with E-state index in [9.17, 15) is 37.8 Å². The Kier molecular flexibility index (Phi) is 55.0. The first kappa shape index (κ1) is 38.0. The molecular formula is H2N2Na4O8P4+4. The molecule has 0 saturated heterocycles.